The van der Waals surface area contributed by atoms with Crippen LogP contribution >= 0.6 is 11.3 Å². The summed E-state index contributed by atoms with van der Waals surface area (Å²) in [7, 11) is 0. The van der Waals surface area contributed by atoms with Gasteiger partial charge in [-0.3, -0.25) is 0 Å². The van der Waals surface area contributed by atoms with Crippen LogP contribution in [0.3, 0.4) is 0 Å². The van der Waals surface area contributed by atoms with Crippen LogP contribution in [0, 0.1) is 6.92 Å². The molecule has 0 spiro atoms. The molecule has 4 heteroatoms. The molecule has 0 aliphatic rings. The standard InChI is InChI=1S/C14H19NO2S/c1-10(8-13(16)14-4-3-7-18-14)15-9-12-6-5-11(2)17-12/h3-7,10,13,15-16H,8-9H2,1-2H3. The van der Waals surface area contributed by atoms with Gasteiger partial charge in [0.1, 0.15) is 11.5 Å². The maximum Gasteiger partial charge on any atom is 0.117 e. The molecule has 2 atom stereocenters. The van der Waals surface area contributed by atoms with Crippen molar-refractivity contribution in [3.63, 3.8) is 0 Å². The van der Waals surface area contributed by atoms with E-state index in [0.29, 0.717) is 13.0 Å². The molecule has 2 unspecified atom stereocenters. The highest BCUT2D eigenvalue weighted by atomic mass is 32.1. The van der Waals surface area contributed by atoms with Gasteiger partial charge in [0.2, 0.25) is 0 Å². The molecule has 0 saturated heterocycles. The van der Waals surface area contributed by atoms with Crippen molar-refractivity contribution in [3.8, 4) is 0 Å². The van der Waals surface area contributed by atoms with Crippen LogP contribution in [0.2, 0.25) is 0 Å². The normalized spacial score (nSPS) is 14.6. The first-order valence-electron chi connectivity index (χ1n) is 6.15. The summed E-state index contributed by atoms with van der Waals surface area (Å²) < 4.78 is 5.49. The number of thiophene rings is 1. The van der Waals surface area contributed by atoms with Crippen LogP contribution in [0.25, 0.3) is 0 Å². The highest BCUT2D eigenvalue weighted by molar-refractivity contribution is 7.10. The van der Waals surface area contributed by atoms with Gasteiger partial charge in [-0.25, -0.2) is 0 Å². The van der Waals surface area contributed by atoms with E-state index < -0.39 is 0 Å². The van der Waals surface area contributed by atoms with E-state index in [0.717, 1.165) is 16.4 Å². The van der Waals surface area contributed by atoms with Gasteiger partial charge in [0.05, 0.1) is 12.6 Å². The van der Waals surface area contributed by atoms with E-state index in [-0.39, 0.29) is 12.1 Å². The Morgan fingerprint density at radius 3 is 2.83 bits per heavy atom. The van der Waals surface area contributed by atoms with Crippen LogP contribution < -0.4 is 5.32 Å². The topological polar surface area (TPSA) is 45.4 Å². The van der Waals surface area contributed by atoms with Crippen molar-refractivity contribution < 1.29 is 9.52 Å². The summed E-state index contributed by atoms with van der Waals surface area (Å²) in [5.74, 6) is 1.86. The van der Waals surface area contributed by atoms with Crippen LogP contribution in [0.4, 0.5) is 0 Å². The predicted octanol–water partition coefficient (Wildman–Crippen LogP) is 3.25. The molecular formula is C14H19NO2S. The highest BCUT2D eigenvalue weighted by Gasteiger charge is 2.13. The van der Waals surface area contributed by atoms with E-state index in [2.05, 4.69) is 12.2 Å². The average Bonchev–Trinajstić information content (AvgIpc) is 2.97. The quantitative estimate of drug-likeness (QED) is 0.842. The van der Waals surface area contributed by atoms with E-state index >= 15 is 0 Å². The predicted molar refractivity (Wildman–Crippen MR) is 73.6 cm³/mol. The summed E-state index contributed by atoms with van der Waals surface area (Å²) in [6.07, 6.45) is 0.325. The van der Waals surface area contributed by atoms with Gasteiger partial charge in [-0.05, 0) is 43.8 Å². The molecule has 0 fully saturated rings. The maximum atomic E-state index is 10.0. The first-order valence-corrected chi connectivity index (χ1v) is 7.03. The van der Waals surface area contributed by atoms with Crippen molar-refractivity contribution in [2.24, 2.45) is 0 Å². The van der Waals surface area contributed by atoms with Gasteiger partial charge >= 0.3 is 0 Å². The van der Waals surface area contributed by atoms with E-state index in [1.54, 1.807) is 11.3 Å². The van der Waals surface area contributed by atoms with E-state index in [1.165, 1.54) is 0 Å². The summed E-state index contributed by atoms with van der Waals surface area (Å²) in [6, 6.07) is 8.12. The molecule has 0 bridgehead atoms. The Morgan fingerprint density at radius 2 is 2.22 bits per heavy atom. The molecule has 0 radical (unpaired) electrons. The molecule has 0 aromatic carbocycles. The number of hydrogen-bond donors (Lipinski definition) is 2. The molecule has 2 aromatic heterocycles. The van der Waals surface area contributed by atoms with Crippen molar-refractivity contribution in [2.75, 3.05) is 0 Å². The first kappa shape index (κ1) is 13.3. The number of aliphatic hydroxyl groups excluding tert-OH is 1. The van der Waals surface area contributed by atoms with Gasteiger partial charge < -0.3 is 14.8 Å². The Morgan fingerprint density at radius 1 is 1.39 bits per heavy atom. The molecule has 2 rings (SSSR count). The van der Waals surface area contributed by atoms with Crippen molar-refractivity contribution in [1.29, 1.82) is 0 Å². The van der Waals surface area contributed by atoms with Crippen molar-refractivity contribution in [2.45, 2.75) is 39.0 Å². The lowest BCUT2D eigenvalue weighted by Gasteiger charge is -2.16. The molecule has 3 nitrogen and oxygen atoms in total. The Labute approximate surface area is 111 Å². The van der Waals surface area contributed by atoms with E-state index in [1.807, 2.05) is 36.6 Å². The van der Waals surface area contributed by atoms with Gasteiger partial charge in [-0.1, -0.05) is 6.07 Å². The van der Waals surface area contributed by atoms with Gasteiger partial charge in [0.15, 0.2) is 0 Å². The molecule has 98 valence electrons. The lowest BCUT2D eigenvalue weighted by molar-refractivity contribution is 0.157. The average molecular weight is 265 g/mol. The number of furan rings is 1. The highest BCUT2D eigenvalue weighted by Crippen LogP contribution is 2.22. The third-order valence-electron chi connectivity index (χ3n) is 2.87. The van der Waals surface area contributed by atoms with Crippen LogP contribution in [-0.2, 0) is 6.54 Å². The largest absolute Gasteiger partial charge is 0.465 e. The summed E-state index contributed by atoms with van der Waals surface area (Å²) >= 11 is 1.59. The van der Waals surface area contributed by atoms with Crippen molar-refractivity contribution >= 4 is 11.3 Å². The lowest BCUT2D eigenvalue weighted by atomic mass is 10.1. The maximum absolute atomic E-state index is 10.0. The zero-order chi connectivity index (χ0) is 13.0. The van der Waals surface area contributed by atoms with Crippen LogP contribution in [0.15, 0.2) is 34.1 Å². The zero-order valence-corrected chi connectivity index (χ0v) is 11.5. The number of rotatable bonds is 6. The van der Waals surface area contributed by atoms with Crippen molar-refractivity contribution in [3.05, 3.63) is 46.0 Å². The second-order valence-corrected chi connectivity index (χ2v) is 5.54. The number of aryl methyl sites for hydroxylation is 1. The Hall–Kier alpha value is -1.10. The lowest BCUT2D eigenvalue weighted by Crippen LogP contribution is -2.27. The van der Waals surface area contributed by atoms with Crippen LogP contribution in [0.5, 0.6) is 0 Å². The Kier molecular flexibility index (Phi) is 4.58. The molecular weight excluding hydrogens is 246 g/mol. The second kappa shape index (κ2) is 6.18. The minimum Gasteiger partial charge on any atom is -0.465 e. The van der Waals surface area contributed by atoms with Crippen LogP contribution in [0.1, 0.15) is 35.8 Å². The summed E-state index contributed by atoms with van der Waals surface area (Å²) in [5.41, 5.74) is 0. The first-order chi connectivity index (χ1) is 8.65. The molecule has 0 aliphatic carbocycles. The third kappa shape index (κ3) is 3.70. The summed E-state index contributed by atoms with van der Waals surface area (Å²) in [5, 5.41) is 15.4. The van der Waals surface area contributed by atoms with Gasteiger partial charge in [-0.15, -0.1) is 11.3 Å². The molecule has 2 N–H and O–H groups in total. The second-order valence-electron chi connectivity index (χ2n) is 4.56. The number of aliphatic hydroxyl groups is 1. The SMILES string of the molecule is Cc1ccc(CNC(C)CC(O)c2cccs2)o1. The van der Waals surface area contributed by atoms with E-state index in [9.17, 15) is 5.11 Å². The minimum absolute atomic E-state index is 0.243. The molecule has 0 aliphatic heterocycles. The van der Waals surface area contributed by atoms with Gasteiger partial charge in [0.25, 0.3) is 0 Å². The fourth-order valence-corrected chi connectivity index (χ4v) is 2.59. The molecule has 18 heavy (non-hydrogen) atoms. The smallest absolute Gasteiger partial charge is 0.117 e. The Bertz CT molecular complexity index is 464. The fourth-order valence-electron chi connectivity index (χ4n) is 1.87. The number of hydrogen-bond acceptors (Lipinski definition) is 4. The number of nitrogens with one attached hydrogen (secondary N) is 1. The molecule has 0 saturated carbocycles. The third-order valence-corrected chi connectivity index (χ3v) is 3.84. The molecule has 2 heterocycles. The Balaban J connectivity index is 1.76. The summed E-state index contributed by atoms with van der Waals surface area (Å²) in [6.45, 7) is 4.71. The van der Waals surface area contributed by atoms with Gasteiger partial charge in [0, 0.05) is 10.9 Å². The monoisotopic (exact) mass is 265 g/mol. The zero-order valence-electron chi connectivity index (χ0n) is 10.7. The van der Waals surface area contributed by atoms with Crippen LogP contribution in [-0.4, -0.2) is 11.1 Å². The van der Waals surface area contributed by atoms with Crippen molar-refractivity contribution in [1.82, 2.24) is 5.32 Å². The fraction of sp³-hybridized carbons (Fsp3) is 0.429. The van der Waals surface area contributed by atoms with Gasteiger partial charge in [-0.2, -0.15) is 0 Å². The molecule has 2 aromatic rings. The minimum atomic E-state index is -0.383. The summed E-state index contributed by atoms with van der Waals surface area (Å²) in [4.78, 5) is 1.03. The molecule has 0 amide bonds. The van der Waals surface area contributed by atoms with E-state index in [4.69, 9.17) is 4.42 Å².